The van der Waals surface area contributed by atoms with E-state index in [1.54, 1.807) is 30.5 Å². The molecule has 34 heavy (non-hydrogen) atoms. The van der Waals surface area contributed by atoms with Crippen molar-refractivity contribution in [1.29, 1.82) is 0 Å². The topological polar surface area (TPSA) is 63.0 Å². The molecule has 1 aliphatic rings. The number of hydrogen-bond donors (Lipinski definition) is 0. The van der Waals surface area contributed by atoms with Crippen LogP contribution >= 0.6 is 0 Å². The lowest BCUT2D eigenvalue weighted by Gasteiger charge is -2.38. The van der Waals surface area contributed by atoms with Crippen molar-refractivity contribution in [3.05, 3.63) is 95.2 Å². The summed E-state index contributed by atoms with van der Waals surface area (Å²) in [6.07, 6.45) is 3.56. The minimum absolute atomic E-state index is 0.0138. The molecule has 6 nitrogen and oxygen atoms in total. The Labute approximate surface area is 198 Å². The van der Waals surface area contributed by atoms with Crippen LogP contribution in [-0.4, -0.2) is 47.9 Å². The average molecular weight is 465 g/mol. The minimum atomic E-state index is -0.339. The van der Waals surface area contributed by atoms with Crippen LogP contribution in [0.2, 0.25) is 0 Å². The molecule has 0 N–H and O–H groups in total. The van der Waals surface area contributed by atoms with Crippen molar-refractivity contribution in [3.63, 3.8) is 0 Å². The summed E-state index contributed by atoms with van der Waals surface area (Å²) in [7, 11) is 1.37. The summed E-state index contributed by atoms with van der Waals surface area (Å²) >= 11 is 0. The van der Waals surface area contributed by atoms with Gasteiger partial charge in [-0.15, -0.1) is 0 Å². The zero-order chi connectivity index (χ0) is 23.9. The highest BCUT2D eigenvalue weighted by Gasteiger charge is 2.28. The van der Waals surface area contributed by atoms with Crippen molar-refractivity contribution >= 4 is 11.9 Å². The normalized spacial score (nSPS) is 14.6. The van der Waals surface area contributed by atoms with Gasteiger partial charge in [0.05, 0.1) is 31.9 Å². The first-order chi connectivity index (χ1) is 16.5. The molecule has 0 aliphatic carbocycles. The quantitative estimate of drug-likeness (QED) is 0.461. The summed E-state index contributed by atoms with van der Waals surface area (Å²) in [5, 5.41) is 0. The third-order valence-corrected chi connectivity index (χ3v) is 6.27. The van der Waals surface area contributed by atoms with Crippen LogP contribution in [0.5, 0.6) is 0 Å². The SMILES string of the molecule is COC(=O)c1ccc(CN2CCC(N(Cc3ccco3)C(=O)Cc3ccc(F)cc3)CC2)cc1. The Bertz CT molecular complexity index is 1070. The molecule has 4 rings (SSSR count). The fourth-order valence-corrected chi connectivity index (χ4v) is 4.38. The van der Waals surface area contributed by atoms with Crippen LogP contribution in [0.3, 0.4) is 0 Å². The van der Waals surface area contributed by atoms with Gasteiger partial charge in [0.1, 0.15) is 11.6 Å². The van der Waals surface area contributed by atoms with Crippen LogP contribution in [0.1, 0.15) is 40.1 Å². The molecule has 3 aromatic rings. The molecule has 0 saturated carbocycles. The van der Waals surface area contributed by atoms with E-state index < -0.39 is 0 Å². The first kappa shape index (κ1) is 23.7. The van der Waals surface area contributed by atoms with Crippen LogP contribution in [0.25, 0.3) is 0 Å². The summed E-state index contributed by atoms with van der Waals surface area (Å²) in [6, 6.07) is 17.4. The summed E-state index contributed by atoms with van der Waals surface area (Å²) in [6.45, 7) is 2.94. The predicted octanol–water partition coefficient (Wildman–Crippen LogP) is 4.44. The van der Waals surface area contributed by atoms with Crippen molar-refractivity contribution in [1.82, 2.24) is 9.80 Å². The van der Waals surface area contributed by atoms with Gasteiger partial charge in [-0.1, -0.05) is 24.3 Å². The smallest absolute Gasteiger partial charge is 0.337 e. The van der Waals surface area contributed by atoms with Crippen molar-refractivity contribution in [2.24, 2.45) is 0 Å². The molecule has 1 saturated heterocycles. The molecule has 1 aliphatic heterocycles. The second kappa shape index (κ2) is 11.1. The second-order valence-electron chi connectivity index (χ2n) is 8.60. The van der Waals surface area contributed by atoms with E-state index in [4.69, 9.17) is 9.15 Å². The maximum absolute atomic E-state index is 13.3. The summed E-state index contributed by atoms with van der Waals surface area (Å²) < 4.78 is 23.5. The van der Waals surface area contributed by atoms with E-state index in [0.717, 1.165) is 49.4 Å². The number of esters is 1. The molecule has 1 fully saturated rings. The number of hydrogen-bond acceptors (Lipinski definition) is 5. The Kier molecular flexibility index (Phi) is 7.75. The van der Waals surface area contributed by atoms with Crippen LogP contribution < -0.4 is 0 Å². The van der Waals surface area contributed by atoms with Crippen molar-refractivity contribution in [3.8, 4) is 0 Å². The molecule has 0 unspecified atom stereocenters. The monoisotopic (exact) mass is 464 g/mol. The zero-order valence-electron chi connectivity index (χ0n) is 19.3. The van der Waals surface area contributed by atoms with Gasteiger partial charge >= 0.3 is 5.97 Å². The lowest BCUT2D eigenvalue weighted by Crippen LogP contribution is -2.47. The number of carbonyl (C=O) groups is 2. The van der Waals surface area contributed by atoms with Crippen LogP contribution in [0, 0.1) is 5.82 Å². The fourth-order valence-electron chi connectivity index (χ4n) is 4.38. The van der Waals surface area contributed by atoms with Crippen molar-refractivity contribution in [2.45, 2.75) is 38.4 Å². The van der Waals surface area contributed by atoms with E-state index in [1.807, 2.05) is 29.2 Å². The molecule has 7 heteroatoms. The Morgan fingerprint density at radius 3 is 2.32 bits per heavy atom. The molecule has 0 bridgehead atoms. The van der Waals surface area contributed by atoms with Crippen molar-refractivity contribution in [2.75, 3.05) is 20.2 Å². The molecule has 1 amide bonds. The Balaban J connectivity index is 1.37. The average Bonchev–Trinajstić information content (AvgIpc) is 3.38. The van der Waals surface area contributed by atoms with Gasteiger partial charge in [0.15, 0.2) is 0 Å². The summed E-state index contributed by atoms with van der Waals surface area (Å²) in [4.78, 5) is 29.1. The largest absolute Gasteiger partial charge is 0.467 e. The Morgan fingerprint density at radius 1 is 1.03 bits per heavy atom. The second-order valence-corrected chi connectivity index (χ2v) is 8.60. The van der Waals surface area contributed by atoms with Gasteiger partial charge in [-0.3, -0.25) is 9.69 Å². The lowest BCUT2D eigenvalue weighted by molar-refractivity contribution is -0.135. The maximum atomic E-state index is 13.3. The molecule has 1 aromatic heterocycles. The molecule has 178 valence electrons. The van der Waals surface area contributed by atoms with E-state index in [0.29, 0.717) is 12.1 Å². The number of rotatable bonds is 8. The molecule has 0 atom stereocenters. The first-order valence-electron chi connectivity index (χ1n) is 11.5. The van der Waals surface area contributed by atoms with Crippen molar-refractivity contribution < 1.29 is 23.1 Å². The molecule has 0 spiro atoms. The lowest BCUT2D eigenvalue weighted by atomic mass is 10.0. The number of ether oxygens (including phenoxy) is 1. The van der Waals surface area contributed by atoms with E-state index in [1.165, 1.54) is 19.2 Å². The number of nitrogens with zero attached hydrogens (tertiary/aromatic N) is 2. The Hall–Kier alpha value is -3.45. The van der Waals surface area contributed by atoms with Gasteiger partial charge in [-0.05, 0) is 60.4 Å². The number of furan rings is 1. The Morgan fingerprint density at radius 2 is 1.71 bits per heavy atom. The number of piperidine rings is 1. The number of likely N-dealkylation sites (tertiary alicyclic amines) is 1. The van der Waals surface area contributed by atoms with Gasteiger partial charge in [0, 0.05) is 25.7 Å². The standard InChI is InChI=1S/C27H29FN2O4/c1-33-27(32)22-8-4-21(5-9-22)18-29-14-12-24(13-15-29)30(19-25-3-2-16-34-25)26(31)17-20-6-10-23(28)11-7-20/h2-11,16,24H,12-15,17-19H2,1H3. The molecule has 2 heterocycles. The molecule has 2 aromatic carbocycles. The highest BCUT2D eigenvalue weighted by molar-refractivity contribution is 5.89. The molecule has 0 radical (unpaired) electrons. The highest BCUT2D eigenvalue weighted by Crippen LogP contribution is 2.22. The number of amides is 1. The highest BCUT2D eigenvalue weighted by atomic mass is 19.1. The van der Waals surface area contributed by atoms with Crippen LogP contribution in [0.4, 0.5) is 4.39 Å². The van der Waals surface area contributed by atoms with Crippen LogP contribution in [-0.2, 0) is 29.0 Å². The van der Waals surface area contributed by atoms with Crippen LogP contribution in [0.15, 0.2) is 71.3 Å². The molecular weight excluding hydrogens is 435 g/mol. The number of carbonyl (C=O) groups excluding carboxylic acids is 2. The summed E-state index contributed by atoms with van der Waals surface area (Å²) in [5.74, 6) is 0.116. The number of methoxy groups -OCH3 is 1. The third kappa shape index (κ3) is 6.11. The van der Waals surface area contributed by atoms with E-state index in [-0.39, 0.29) is 30.2 Å². The maximum Gasteiger partial charge on any atom is 0.337 e. The van der Waals surface area contributed by atoms with Gasteiger partial charge in [-0.25, -0.2) is 9.18 Å². The predicted molar refractivity (Wildman–Crippen MR) is 125 cm³/mol. The van der Waals surface area contributed by atoms with Gasteiger partial charge in [0.2, 0.25) is 5.91 Å². The van der Waals surface area contributed by atoms with E-state index in [2.05, 4.69) is 4.90 Å². The van der Waals surface area contributed by atoms with Gasteiger partial charge in [-0.2, -0.15) is 0 Å². The number of benzene rings is 2. The minimum Gasteiger partial charge on any atom is -0.467 e. The van der Waals surface area contributed by atoms with Gasteiger partial charge in [0.25, 0.3) is 0 Å². The summed E-state index contributed by atoms with van der Waals surface area (Å²) in [5.41, 5.74) is 2.47. The third-order valence-electron chi connectivity index (χ3n) is 6.27. The number of halogens is 1. The van der Waals surface area contributed by atoms with E-state index >= 15 is 0 Å². The molecular formula is C27H29FN2O4. The van der Waals surface area contributed by atoms with Gasteiger partial charge < -0.3 is 14.1 Å². The van der Waals surface area contributed by atoms with E-state index in [9.17, 15) is 14.0 Å². The fraction of sp³-hybridized carbons (Fsp3) is 0.333. The first-order valence-corrected chi connectivity index (χ1v) is 11.5. The zero-order valence-corrected chi connectivity index (χ0v) is 19.3.